The van der Waals surface area contributed by atoms with Gasteiger partial charge in [-0.15, -0.1) is 0 Å². The van der Waals surface area contributed by atoms with Crippen molar-refractivity contribution in [1.82, 2.24) is 14.7 Å². The van der Waals surface area contributed by atoms with Gasteiger partial charge in [-0.1, -0.05) is 0 Å². The van der Waals surface area contributed by atoms with Gasteiger partial charge in [-0.3, -0.25) is 4.79 Å². The second-order valence-electron chi connectivity index (χ2n) is 4.61. The lowest BCUT2D eigenvalue weighted by Crippen LogP contribution is -2.32. The molecule has 2 rings (SSSR count). The van der Waals surface area contributed by atoms with Crippen LogP contribution < -0.4 is 0 Å². The van der Waals surface area contributed by atoms with Crippen LogP contribution in [0.5, 0.6) is 0 Å². The van der Waals surface area contributed by atoms with Gasteiger partial charge >= 0.3 is 0 Å². The fourth-order valence-electron chi connectivity index (χ4n) is 2.05. The van der Waals surface area contributed by atoms with Gasteiger partial charge in [0.1, 0.15) is 0 Å². The van der Waals surface area contributed by atoms with Gasteiger partial charge in [0.05, 0.1) is 30.7 Å². The van der Waals surface area contributed by atoms with Crippen molar-refractivity contribution in [3.05, 3.63) is 48.3 Å². The summed E-state index contributed by atoms with van der Waals surface area (Å²) in [4.78, 5) is 14.0. The van der Waals surface area contributed by atoms with E-state index in [1.54, 1.807) is 23.0 Å². The average molecular weight is 293 g/mol. The van der Waals surface area contributed by atoms with Crippen molar-refractivity contribution in [2.45, 2.75) is 12.8 Å². The Hall–Kier alpha value is -3.12. The summed E-state index contributed by atoms with van der Waals surface area (Å²) in [5.41, 5.74) is 1.40. The van der Waals surface area contributed by atoms with Crippen LogP contribution in [0.2, 0.25) is 0 Å². The molecule has 1 aromatic heterocycles. The molecule has 0 fully saturated rings. The lowest BCUT2D eigenvalue weighted by molar-refractivity contribution is 0.0762. The number of carbonyl (C=O) groups is 1. The van der Waals surface area contributed by atoms with E-state index in [-0.39, 0.29) is 18.7 Å². The average Bonchev–Trinajstić information content (AvgIpc) is 3.09. The summed E-state index contributed by atoms with van der Waals surface area (Å²) in [6, 6.07) is 12.9. The molecular formula is C16H15N5O. The third-order valence-electron chi connectivity index (χ3n) is 3.16. The van der Waals surface area contributed by atoms with E-state index in [2.05, 4.69) is 5.10 Å². The molecule has 22 heavy (non-hydrogen) atoms. The summed E-state index contributed by atoms with van der Waals surface area (Å²) in [6.07, 6.45) is 4.01. The monoisotopic (exact) mass is 293 g/mol. The summed E-state index contributed by atoms with van der Waals surface area (Å²) in [6.45, 7) is 0.663. The maximum atomic E-state index is 12.4. The van der Waals surface area contributed by atoms with Gasteiger partial charge < -0.3 is 4.90 Å². The maximum Gasteiger partial charge on any atom is 0.253 e. The van der Waals surface area contributed by atoms with Gasteiger partial charge in [0.15, 0.2) is 0 Å². The van der Waals surface area contributed by atoms with Gasteiger partial charge in [0.25, 0.3) is 5.91 Å². The van der Waals surface area contributed by atoms with Gasteiger partial charge in [-0.05, 0) is 30.3 Å². The summed E-state index contributed by atoms with van der Waals surface area (Å²) >= 11 is 0. The van der Waals surface area contributed by atoms with Crippen LogP contribution in [-0.2, 0) is 0 Å². The van der Waals surface area contributed by atoms with Gasteiger partial charge in [-0.25, -0.2) is 4.68 Å². The van der Waals surface area contributed by atoms with E-state index in [0.717, 1.165) is 5.69 Å². The Kier molecular flexibility index (Phi) is 5.28. The molecule has 6 heteroatoms. The van der Waals surface area contributed by atoms with E-state index in [9.17, 15) is 4.79 Å². The number of aromatic nitrogens is 2. The minimum Gasteiger partial charge on any atom is -0.337 e. The van der Waals surface area contributed by atoms with Crippen LogP contribution in [0, 0.1) is 22.7 Å². The van der Waals surface area contributed by atoms with Crippen LogP contribution in [0.15, 0.2) is 42.7 Å². The SMILES string of the molecule is N#CCCN(CCC#N)C(=O)c1ccc(-n2cccn2)cc1. The molecule has 0 aliphatic rings. The molecule has 0 saturated heterocycles. The van der Waals surface area contributed by atoms with Crippen molar-refractivity contribution in [2.75, 3.05) is 13.1 Å². The summed E-state index contributed by atoms with van der Waals surface area (Å²) in [7, 11) is 0. The third kappa shape index (κ3) is 3.71. The molecular weight excluding hydrogens is 278 g/mol. The lowest BCUT2D eigenvalue weighted by atomic mass is 10.1. The highest BCUT2D eigenvalue weighted by Crippen LogP contribution is 2.11. The molecule has 0 atom stereocenters. The molecule has 0 N–H and O–H groups in total. The van der Waals surface area contributed by atoms with E-state index >= 15 is 0 Å². The molecule has 0 unspecified atom stereocenters. The quantitative estimate of drug-likeness (QED) is 0.816. The minimum absolute atomic E-state index is 0.169. The van der Waals surface area contributed by atoms with Crippen molar-refractivity contribution in [1.29, 1.82) is 10.5 Å². The number of nitrogens with zero attached hydrogens (tertiary/aromatic N) is 5. The van der Waals surface area contributed by atoms with Gasteiger partial charge in [0.2, 0.25) is 0 Å². The maximum absolute atomic E-state index is 12.4. The van der Waals surface area contributed by atoms with Crippen LogP contribution in [0.3, 0.4) is 0 Å². The standard InChI is InChI=1S/C16H15N5O/c17-8-1-11-20(12-2-9-18)16(22)14-4-6-15(7-5-14)21-13-3-10-19-21/h3-7,10,13H,1-2,11-12H2. The van der Waals surface area contributed by atoms with Gasteiger partial charge in [0, 0.05) is 31.0 Å². The Labute approximate surface area is 128 Å². The third-order valence-corrected chi connectivity index (χ3v) is 3.16. The number of rotatable bonds is 6. The summed E-state index contributed by atoms with van der Waals surface area (Å²) in [5, 5.41) is 21.5. The molecule has 0 aliphatic heterocycles. The molecule has 0 aliphatic carbocycles. The van der Waals surface area contributed by atoms with E-state index in [1.807, 2.05) is 36.5 Å². The predicted octanol–water partition coefficient (Wildman–Crippen LogP) is 2.14. The van der Waals surface area contributed by atoms with Crippen molar-refractivity contribution >= 4 is 5.91 Å². The zero-order valence-corrected chi connectivity index (χ0v) is 12.0. The molecule has 1 amide bonds. The Morgan fingerprint density at radius 2 is 1.77 bits per heavy atom. The van der Waals surface area contributed by atoms with E-state index < -0.39 is 0 Å². The highest BCUT2D eigenvalue weighted by Gasteiger charge is 2.15. The van der Waals surface area contributed by atoms with Crippen molar-refractivity contribution < 1.29 is 4.79 Å². The minimum atomic E-state index is -0.169. The first-order valence-electron chi connectivity index (χ1n) is 6.89. The van der Waals surface area contributed by atoms with E-state index in [4.69, 9.17) is 10.5 Å². The summed E-state index contributed by atoms with van der Waals surface area (Å²) < 4.78 is 1.71. The number of nitriles is 2. The number of benzene rings is 1. The smallest absolute Gasteiger partial charge is 0.253 e. The molecule has 6 nitrogen and oxygen atoms in total. The number of carbonyl (C=O) groups excluding carboxylic acids is 1. The van der Waals surface area contributed by atoms with Crippen LogP contribution in [-0.4, -0.2) is 33.7 Å². The Bertz CT molecular complexity index is 674. The first-order chi connectivity index (χ1) is 10.8. The molecule has 1 heterocycles. The number of amides is 1. The predicted molar refractivity (Wildman–Crippen MR) is 79.9 cm³/mol. The first kappa shape index (κ1) is 15.3. The van der Waals surface area contributed by atoms with Crippen molar-refractivity contribution in [3.8, 4) is 17.8 Å². The Balaban J connectivity index is 2.12. The van der Waals surface area contributed by atoms with Crippen LogP contribution in [0.1, 0.15) is 23.2 Å². The van der Waals surface area contributed by atoms with Crippen LogP contribution in [0.4, 0.5) is 0 Å². The fourth-order valence-corrected chi connectivity index (χ4v) is 2.05. The normalized spacial score (nSPS) is 9.73. The molecule has 0 bridgehead atoms. The molecule has 110 valence electrons. The fraction of sp³-hybridized carbons (Fsp3) is 0.250. The molecule has 2 aromatic rings. The van der Waals surface area contributed by atoms with E-state index in [0.29, 0.717) is 18.7 Å². The highest BCUT2D eigenvalue weighted by molar-refractivity contribution is 5.94. The first-order valence-corrected chi connectivity index (χ1v) is 6.89. The summed E-state index contributed by atoms with van der Waals surface area (Å²) in [5.74, 6) is -0.169. The number of hydrogen-bond donors (Lipinski definition) is 0. The van der Waals surface area contributed by atoms with Crippen LogP contribution in [0.25, 0.3) is 5.69 Å². The second kappa shape index (κ2) is 7.61. The molecule has 1 aromatic carbocycles. The zero-order chi connectivity index (χ0) is 15.8. The zero-order valence-electron chi connectivity index (χ0n) is 12.0. The van der Waals surface area contributed by atoms with E-state index in [1.165, 1.54) is 4.90 Å². The second-order valence-corrected chi connectivity index (χ2v) is 4.61. The largest absolute Gasteiger partial charge is 0.337 e. The van der Waals surface area contributed by atoms with Crippen molar-refractivity contribution in [3.63, 3.8) is 0 Å². The molecule has 0 saturated carbocycles. The molecule has 0 spiro atoms. The Morgan fingerprint density at radius 3 is 2.27 bits per heavy atom. The lowest BCUT2D eigenvalue weighted by Gasteiger charge is -2.20. The topological polar surface area (TPSA) is 85.7 Å². The van der Waals surface area contributed by atoms with Crippen LogP contribution >= 0.6 is 0 Å². The highest BCUT2D eigenvalue weighted by atomic mass is 16.2. The number of hydrogen-bond acceptors (Lipinski definition) is 4. The Morgan fingerprint density at radius 1 is 1.14 bits per heavy atom. The van der Waals surface area contributed by atoms with Crippen molar-refractivity contribution in [2.24, 2.45) is 0 Å². The van der Waals surface area contributed by atoms with Gasteiger partial charge in [-0.2, -0.15) is 15.6 Å². The molecule has 0 radical (unpaired) electrons.